The molecule has 3 heterocycles. The van der Waals surface area contributed by atoms with Crippen LogP contribution < -0.4 is 11.1 Å². The molecular weight excluding hydrogens is 440 g/mol. The Hall–Kier alpha value is -4.14. The number of imidazole rings is 1. The predicted molar refractivity (Wildman–Crippen MR) is 144 cm³/mol. The Morgan fingerprint density at radius 3 is 2.49 bits per heavy atom. The number of nitrogens with zero attached hydrogens (tertiary/aromatic N) is 4. The van der Waals surface area contributed by atoms with E-state index in [9.17, 15) is 9.18 Å². The van der Waals surface area contributed by atoms with Crippen molar-refractivity contribution in [2.45, 2.75) is 12.2 Å². The molecule has 3 N–H and O–H groups in total. The molecule has 7 nitrogen and oxygen atoms in total. The highest BCUT2D eigenvalue weighted by molar-refractivity contribution is 6.60. The number of fused-ring (bicyclic) bond motifs is 2. The van der Waals surface area contributed by atoms with Crippen LogP contribution in [0.1, 0.15) is 16.1 Å². The van der Waals surface area contributed by atoms with Crippen molar-refractivity contribution in [1.29, 1.82) is 0 Å². The van der Waals surface area contributed by atoms with E-state index in [-0.39, 0.29) is 23.2 Å². The van der Waals surface area contributed by atoms with E-state index in [0.29, 0.717) is 22.6 Å². The van der Waals surface area contributed by atoms with Crippen LogP contribution in [-0.4, -0.2) is 54.0 Å². The third kappa shape index (κ3) is 4.25. The van der Waals surface area contributed by atoms with Gasteiger partial charge in [0.2, 0.25) is 0 Å². The predicted octanol–water partition coefficient (Wildman–Crippen LogP) is 0.882. The van der Waals surface area contributed by atoms with Gasteiger partial charge < -0.3 is 11.1 Å². The maximum atomic E-state index is 13.7. The Bertz CT molecular complexity index is 1610. The summed E-state index contributed by atoms with van der Waals surface area (Å²) in [5.74, 6) is -0.490. The third-order valence-electron chi connectivity index (χ3n) is 5.70. The van der Waals surface area contributed by atoms with Gasteiger partial charge in [0.25, 0.3) is 5.91 Å². The van der Waals surface area contributed by atoms with Gasteiger partial charge in [-0.3, -0.25) is 14.2 Å². The van der Waals surface area contributed by atoms with E-state index < -0.39 is 5.24 Å². The van der Waals surface area contributed by atoms with Crippen LogP contribution in [0.4, 0.5) is 10.2 Å². The lowest BCUT2D eigenvalue weighted by Crippen LogP contribution is -2.50. The highest BCUT2D eigenvalue weighted by Gasteiger charge is 2.23. The topological polar surface area (TPSA) is 98.2 Å². The number of hydrogen-bond acceptors (Lipinski definition) is 5. The van der Waals surface area contributed by atoms with Crippen molar-refractivity contribution < 1.29 is 9.18 Å². The lowest BCUT2D eigenvalue weighted by atomic mass is 9.49. The second kappa shape index (κ2) is 8.27. The fourth-order valence-corrected chi connectivity index (χ4v) is 4.10. The molecule has 0 spiro atoms. The Balaban J connectivity index is 1.81. The van der Waals surface area contributed by atoms with Gasteiger partial charge in [-0.1, -0.05) is 6.07 Å². The van der Waals surface area contributed by atoms with Gasteiger partial charge in [0.15, 0.2) is 11.5 Å². The van der Waals surface area contributed by atoms with Crippen LogP contribution in [0.5, 0.6) is 0 Å². The zero-order valence-corrected chi connectivity index (χ0v) is 19.9. The summed E-state index contributed by atoms with van der Waals surface area (Å²) >= 11 is 0. The Morgan fingerprint density at radius 1 is 1.06 bits per heavy atom. The fourth-order valence-electron chi connectivity index (χ4n) is 4.10. The molecule has 2 aromatic carbocycles. The highest BCUT2D eigenvalue weighted by atomic mass is 19.1. The van der Waals surface area contributed by atoms with E-state index in [0.717, 1.165) is 22.0 Å². The molecule has 0 atom stereocenters. The number of nitrogens with two attached hydrogens (primary N) is 1. The van der Waals surface area contributed by atoms with Gasteiger partial charge >= 0.3 is 0 Å². The number of benzene rings is 2. The number of halogens is 1. The van der Waals surface area contributed by atoms with E-state index in [1.807, 2.05) is 54.7 Å². The zero-order chi connectivity index (χ0) is 24.9. The molecule has 11 heteroatoms. The van der Waals surface area contributed by atoms with Gasteiger partial charge in [0, 0.05) is 28.9 Å². The summed E-state index contributed by atoms with van der Waals surface area (Å²) in [4.78, 5) is 26.5. The molecule has 0 bridgehead atoms. The smallest absolute Gasteiger partial charge is 0.270 e. The third-order valence-corrected chi connectivity index (χ3v) is 5.70. The number of carbonyl (C=O) groups is 1. The monoisotopic (exact) mass is 462 g/mol. The summed E-state index contributed by atoms with van der Waals surface area (Å²) in [5.41, 5.74) is 11.6. The molecule has 0 unspecified atom stereocenters. The van der Waals surface area contributed by atoms with E-state index in [1.165, 1.54) is 12.1 Å². The first-order chi connectivity index (χ1) is 16.6. The first-order valence-corrected chi connectivity index (χ1v) is 11.2. The normalized spacial score (nSPS) is 11.7. The quantitative estimate of drug-likeness (QED) is 0.387. The number of nitrogens with one attached hydrogen (secondary N) is 1. The van der Waals surface area contributed by atoms with Gasteiger partial charge in [-0.15, -0.1) is 0 Å². The molecule has 5 rings (SSSR count). The van der Waals surface area contributed by atoms with Gasteiger partial charge in [0.05, 0.1) is 16.9 Å². The van der Waals surface area contributed by atoms with Crippen molar-refractivity contribution in [2.24, 2.45) is 0 Å². The largest absolute Gasteiger partial charge is 0.381 e. The van der Waals surface area contributed by atoms with Gasteiger partial charge in [-0.05, 0) is 60.2 Å². The molecule has 0 aliphatic rings. The summed E-state index contributed by atoms with van der Waals surface area (Å²) in [5, 5.41) is 3.50. The van der Waals surface area contributed by atoms with Gasteiger partial charge in [-0.2, -0.15) is 0 Å². The summed E-state index contributed by atoms with van der Waals surface area (Å²) < 4.78 is 15.5. The van der Waals surface area contributed by atoms with Crippen molar-refractivity contribution in [3.63, 3.8) is 0 Å². The van der Waals surface area contributed by atoms with Crippen LogP contribution in [0.2, 0.25) is 0 Å². The number of nitrogen functional groups attached to an aromatic ring is 1. The van der Waals surface area contributed by atoms with E-state index in [2.05, 4.69) is 20.3 Å². The van der Waals surface area contributed by atoms with Crippen LogP contribution in [0, 0.1) is 12.7 Å². The molecule has 5 aromatic rings. The average molecular weight is 462 g/mol. The van der Waals surface area contributed by atoms with Crippen molar-refractivity contribution in [2.75, 3.05) is 5.73 Å². The molecule has 0 radical (unpaired) electrons. The number of anilines is 1. The van der Waals surface area contributed by atoms with Crippen molar-refractivity contribution in [3.05, 3.63) is 78.0 Å². The van der Waals surface area contributed by atoms with Crippen LogP contribution in [0.15, 0.2) is 60.9 Å². The summed E-state index contributed by atoms with van der Waals surface area (Å²) in [6.07, 6.45) is 3.44. The van der Waals surface area contributed by atoms with Crippen molar-refractivity contribution >= 4 is 51.8 Å². The summed E-state index contributed by atoms with van der Waals surface area (Å²) in [6.45, 7) is 2.03. The summed E-state index contributed by atoms with van der Waals surface area (Å²) in [6, 6.07) is 14.0. The maximum absolute atomic E-state index is 13.7. The SMILES string of the molecule is BC(B)(B)NC(=O)c1cn2c(-c3ccc4nccc(C)c4c3)c(-c3ccc(F)cc3)nc(N)c2n1. The molecule has 170 valence electrons. The molecule has 0 fully saturated rings. The molecule has 0 aliphatic heterocycles. The van der Waals surface area contributed by atoms with Crippen molar-refractivity contribution in [1.82, 2.24) is 24.7 Å². The number of hydrogen-bond donors (Lipinski definition) is 2. The Labute approximate surface area is 204 Å². The number of aryl methyl sites for hydroxylation is 1. The minimum Gasteiger partial charge on any atom is -0.381 e. The average Bonchev–Trinajstić information content (AvgIpc) is 3.25. The highest BCUT2D eigenvalue weighted by Crippen LogP contribution is 2.35. The van der Waals surface area contributed by atoms with Crippen LogP contribution in [0.3, 0.4) is 0 Å². The van der Waals surface area contributed by atoms with E-state index in [1.54, 1.807) is 28.9 Å². The number of carbonyl (C=O) groups excluding carboxylic acids is 1. The van der Waals surface area contributed by atoms with Gasteiger partial charge in [-0.25, -0.2) is 14.4 Å². The van der Waals surface area contributed by atoms with Crippen LogP contribution in [-0.2, 0) is 0 Å². The number of rotatable bonds is 4. The molecule has 1 amide bonds. The standard InChI is InChI=1S/C24H22B3FN6O/c1-12-8-9-30-17-7-4-14(10-16(12)17)20-19(13-2-5-15(28)6-3-13)32-21(29)22-31-18(11-34(20)22)23(35)33-24(25,26)27/h2-11H,25-27H2,1H3,(H2,29,32)(H,33,35). The molecule has 0 saturated heterocycles. The van der Waals surface area contributed by atoms with Gasteiger partial charge in [0.1, 0.15) is 35.0 Å². The Morgan fingerprint density at radius 2 is 1.77 bits per heavy atom. The first-order valence-electron chi connectivity index (χ1n) is 11.2. The van der Waals surface area contributed by atoms with Crippen LogP contribution >= 0.6 is 0 Å². The Kier molecular flexibility index (Phi) is 5.35. The van der Waals surface area contributed by atoms with E-state index >= 15 is 0 Å². The first kappa shape index (κ1) is 22.6. The second-order valence-corrected chi connectivity index (χ2v) is 9.58. The zero-order valence-electron chi connectivity index (χ0n) is 19.9. The lowest BCUT2D eigenvalue weighted by Gasteiger charge is -2.19. The fraction of sp³-hybridized carbons (Fsp3) is 0.0833. The molecular formula is C24H22B3FN6O. The molecule has 3 aromatic heterocycles. The molecule has 0 aliphatic carbocycles. The second-order valence-electron chi connectivity index (χ2n) is 9.58. The minimum atomic E-state index is -0.429. The number of pyridine rings is 1. The maximum Gasteiger partial charge on any atom is 0.270 e. The summed E-state index contributed by atoms with van der Waals surface area (Å²) in [7, 11) is 5.71. The van der Waals surface area contributed by atoms with E-state index in [4.69, 9.17) is 5.73 Å². The number of amides is 1. The van der Waals surface area contributed by atoms with Crippen LogP contribution in [0.25, 0.3) is 39.1 Å². The molecule has 35 heavy (non-hydrogen) atoms. The molecule has 0 saturated carbocycles. The number of aromatic nitrogens is 4. The minimum absolute atomic E-state index is 0.168. The van der Waals surface area contributed by atoms with Crippen molar-refractivity contribution in [3.8, 4) is 22.5 Å². The lowest BCUT2D eigenvalue weighted by molar-refractivity contribution is 0.0948.